The zero-order valence-electron chi connectivity index (χ0n) is 23.0. The third-order valence-electron chi connectivity index (χ3n) is 7.40. The molecule has 218 valence electrons. The van der Waals surface area contributed by atoms with Gasteiger partial charge in [-0.3, -0.25) is 4.79 Å². The van der Waals surface area contributed by atoms with Gasteiger partial charge in [0, 0.05) is 42.5 Å². The normalized spacial score (nSPS) is 20.6. The number of aliphatic hydroxyl groups is 1. The van der Waals surface area contributed by atoms with Gasteiger partial charge in [0.2, 0.25) is 5.91 Å². The maximum Gasteiger partial charge on any atom is 0.416 e. The van der Waals surface area contributed by atoms with Crippen LogP contribution in [0.2, 0.25) is 0 Å². The molecule has 0 aromatic heterocycles. The van der Waals surface area contributed by atoms with Gasteiger partial charge in [-0.2, -0.15) is 13.2 Å². The molecule has 1 heterocycles. The van der Waals surface area contributed by atoms with E-state index in [1.807, 2.05) is 13.8 Å². The van der Waals surface area contributed by atoms with Gasteiger partial charge in [-0.15, -0.1) is 0 Å². The summed E-state index contributed by atoms with van der Waals surface area (Å²) in [6, 6.07) is 8.20. The molecule has 0 saturated heterocycles. The van der Waals surface area contributed by atoms with E-state index in [-0.39, 0.29) is 42.7 Å². The maximum absolute atomic E-state index is 13.4. The van der Waals surface area contributed by atoms with Crippen LogP contribution < -0.4 is 15.4 Å². The molecule has 2 aliphatic rings. The van der Waals surface area contributed by atoms with Crippen molar-refractivity contribution in [3.05, 3.63) is 53.6 Å². The molecule has 8 nitrogen and oxygen atoms in total. The fourth-order valence-corrected chi connectivity index (χ4v) is 4.88. The molecule has 3 amide bonds. The van der Waals surface area contributed by atoms with Gasteiger partial charge in [-0.1, -0.05) is 6.92 Å². The van der Waals surface area contributed by atoms with Gasteiger partial charge >= 0.3 is 12.2 Å². The number of nitrogens with zero attached hydrogens (tertiary/aromatic N) is 2. The number of rotatable bonds is 8. The number of amides is 3. The second-order valence-corrected chi connectivity index (χ2v) is 11.0. The molecule has 1 saturated carbocycles. The largest absolute Gasteiger partial charge is 0.488 e. The van der Waals surface area contributed by atoms with Crippen molar-refractivity contribution < 1.29 is 32.6 Å². The molecule has 1 aliphatic carbocycles. The van der Waals surface area contributed by atoms with Crippen LogP contribution in [0, 0.1) is 11.8 Å². The first-order valence-corrected chi connectivity index (χ1v) is 13.6. The number of likely N-dealkylation sites (N-methyl/N-ethyl adjacent to an activating group) is 1. The molecule has 2 aromatic carbocycles. The Hall–Kier alpha value is -3.31. The second-order valence-electron chi connectivity index (χ2n) is 11.0. The molecule has 0 unspecified atom stereocenters. The highest BCUT2D eigenvalue weighted by Gasteiger charge is 2.33. The first-order valence-electron chi connectivity index (χ1n) is 13.6. The summed E-state index contributed by atoms with van der Waals surface area (Å²) >= 11 is 0. The van der Waals surface area contributed by atoms with E-state index in [2.05, 4.69) is 22.6 Å². The zero-order valence-corrected chi connectivity index (χ0v) is 23.0. The number of hydrogen-bond acceptors (Lipinski definition) is 5. The number of ether oxygens (including phenoxy) is 1. The number of urea groups is 1. The van der Waals surface area contributed by atoms with E-state index >= 15 is 0 Å². The van der Waals surface area contributed by atoms with Crippen molar-refractivity contribution >= 4 is 23.3 Å². The van der Waals surface area contributed by atoms with Gasteiger partial charge in [0.25, 0.3) is 0 Å². The summed E-state index contributed by atoms with van der Waals surface area (Å²) in [5.74, 6) is 1.12. The minimum atomic E-state index is -4.46. The third-order valence-corrected chi connectivity index (χ3v) is 7.40. The molecule has 0 spiro atoms. The summed E-state index contributed by atoms with van der Waals surface area (Å²) in [5, 5.41) is 15.0. The molecule has 3 N–H and O–H groups in total. The summed E-state index contributed by atoms with van der Waals surface area (Å²) in [6.07, 6.45) is -2.16. The second kappa shape index (κ2) is 12.5. The van der Waals surface area contributed by atoms with Crippen molar-refractivity contribution in [3.63, 3.8) is 0 Å². The lowest BCUT2D eigenvalue weighted by Crippen LogP contribution is -2.47. The van der Waals surface area contributed by atoms with Gasteiger partial charge in [0.1, 0.15) is 11.9 Å². The third kappa shape index (κ3) is 7.88. The van der Waals surface area contributed by atoms with Gasteiger partial charge in [0.15, 0.2) is 0 Å². The summed E-state index contributed by atoms with van der Waals surface area (Å²) < 4.78 is 44.9. The van der Waals surface area contributed by atoms with E-state index in [1.165, 1.54) is 25.0 Å². The molecule has 1 aliphatic heterocycles. The fourth-order valence-electron chi connectivity index (χ4n) is 4.88. The molecule has 11 heteroatoms. The Morgan fingerprint density at radius 3 is 2.40 bits per heavy atom. The number of nitrogens with one attached hydrogen (secondary N) is 2. The predicted octanol–water partition coefficient (Wildman–Crippen LogP) is 4.84. The lowest BCUT2D eigenvalue weighted by Gasteiger charge is -2.34. The Bertz CT molecular complexity index is 1190. The van der Waals surface area contributed by atoms with Crippen molar-refractivity contribution in [1.82, 2.24) is 9.80 Å². The highest BCUT2D eigenvalue weighted by Crippen LogP contribution is 2.32. The SMILES string of the molecule is C[C@H]1CN([C@@H](C)CO)C(=O)Cc2cc(NC(=O)Nc3ccc(C(F)(F)F)cc3)ccc2O[C@@H]1CN(C)CC1CC1. The Morgan fingerprint density at radius 1 is 1.12 bits per heavy atom. The van der Waals surface area contributed by atoms with Crippen LogP contribution in [0.25, 0.3) is 0 Å². The molecule has 40 heavy (non-hydrogen) atoms. The van der Waals surface area contributed by atoms with Crippen molar-refractivity contribution in [1.29, 1.82) is 0 Å². The average Bonchev–Trinajstić information content (AvgIpc) is 3.70. The Kier molecular flexibility index (Phi) is 9.25. The van der Waals surface area contributed by atoms with E-state index in [9.17, 15) is 27.9 Å². The van der Waals surface area contributed by atoms with E-state index < -0.39 is 17.8 Å². The minimum Gasteiger partial charge on any atom is -0.488 e. The first kappa shape index (κ1) is 29.7. The van der Waals surface area contributed by atoms with Crippen LogP contribution in [0.3, 0.4) is 0 Å². The van der Waals surface area contributed by atoms with Crippen molar-refractivity contribution in [2.24, 2.45) is 11.8 Å². The van der Waals surface area contributed by atoms with Gasteiger partial charge < -0.3 is 30.3 Å². The number of aliphatic hydroxyl groups excluding tert-OH is 1. The number of carbonyl (C=O) groups excluding carboxylic acids is 2. The number of fused-ring (bicyclic) bond motifs is 1. The maximum atomic E-state index is 13.4. The van der Waals surface area contributed by atoms with Crippen LogP contribution in [-0.4, -0.2) is 72.3 Å². The monoisotopic (exact) mass is 562 g/mol. The number of carbonyl (C=O) groups is 2. The van der Waals surface area contributed by atoms with Crippen LogP contribution in [-0.2, 0) is 17.4 Å². The molecule has 1 fully saturated rings. The quantitative estimate of drug-likeness (QED) is 0.428. The molecule has 0 bridgehead atoms. The molecule has 0 radical (unpaired) electrons. The van der Waals surface area contributed by atoms with Crippen LogP contribution in [0.5, 0.6) is 5.75 Å². The summed E-state index contributed by atoms with van der Waals surface area (Å²) in [6.45, 7) is 5.81. The highest BCUT2D eigenvalue weighted by atomic mass is 19.4. The van der Waals surface area contributed by atoms with E-state index in [4.69, 9.17) is 4.74 Å². The predicted molar refractivity (Wildman–Crippen MR) is 146 cm³/mol. The van der Waals surface area contributed by atoms with E-state index in [0.29, 0.717) is 30.1 Å². The lowest BCUT2D eigenvalue weighted by molar-refractivity contribution is -0.137. The van der Waals surface area contributed by atoms with Crippen molar-refractivity contribution in [3.8, 4) is 5.75 Å². The molecule has 4 rings (SSSR count). The highest BCUT2D eigenvalue weighted by molar-refractivity contribution is 6.00. The summed E-state index contributed by atoms with van der Waals surface area (Å²) in [4.78, 5) is 29.9. The Morgan fingerprint density at radius 2 is 1.77 bits per heavy atom. The topological polar surface area (TPSA) is 94.1 Å². The van der Waals surface area contributed by atoms with Crippen molar-refractivity contribution in [2.45, 2.75) is 51.4 Å². The standard InChI is InChI=1S/C29H37F3N4O4/c1-18-14-36(19(2)17-37)27(38)13-21-12-24(10-11-25(21)40-26(18)16-35(3)15-20-4-5-20)34-28(39)33-23-8-6-22(7-9-23)29(30,31)32/h6-12,18-20,26,37H,4-5,13-17H2,1-3H3,(H2,33,34,39)/t18-,19-,26+/m0/s1. The van der Waals surface area contributed by atoms with Gasteiger partial charge in [0.05, 0.1) is 24.6 Å². The lowest BCUT2D eigenvalue weighted by atomic mass is 10.0. The van der Waals surface area contributed by atoms with Crippen LogP contribution in [0.1, 0.15) is 37.8 Å². The number of hydrogen-bond donors (Lipinski definition) is 3. The van der Waals surface area contributed by atoms with Crippen molar-refractivity contribution in [2.75, 3.05) is 43.9 Å². The molecule has 2 aromatic rings. The summed E-state index contributed by atoms with van der Waals surface area (Å²) in [7, 11) is 2.07. The van der Waals surface area contributed by atoms with Crippen LogP contribution >= 0.6 is 0 Å². The first-order chi connectivity index (χ1) is 18.9. The number of alkyl halides is 3. The Labute approximate surface area is 232 Å². The van der Waals surface area contributed by atoms with E-state index in [1.54, 1.807) is 23.1 Å². The Balaban J connectivity index is 1.52. The zero-order chi connectivity index (χ0) is 29.0. The van der Waals surface area contributed by atoms with Gasteiger partial charge in [-0.25, -0.2) is 4.79 Å². The number of halogens is 3. The van der Waals surface area contributed by atoms with E-state index in [0.717, 1.165) is 24.6 Å². The number of benzene rings is 2. The van der Waals surface area contributed by atoms with Gasteiger partial charge in [-0.05, 0) is 75.2 Å². The summed E-state index contributed by atoms with van der Waals surface area (Å²) in [5.41, 5.74) is 0.386. The smallest absolute Gasteiger partial charge is 0.416 e. The molecular formula is C29H37F3N4O4. The fraction of sp³-hybridized carbons (Fsp3) is 0.517. The average molecular weight is 563 g/mol. The molecular weight excluding hydrogens is 525 g/mol. The number of anilines is 2. The van der Waals surface area contributed by atoms with Crippen LogP contribution in [0.15, 0.2) is 42.5 Å². The minimum absolute atomic E-state index is 0.00198. The van der Waals surface area contributed by atoms with Crippen LogP contribution in [0.4, 0.5) is 29.3 Å². The molecule has 3 atom stereocenters.